The largest absolute Gasteiger partial charge is 0.485 e. The molecule has 3 aromatic rings. The van der Waals surface area contributed by atoms with Gasteiger partial charge in [-0.05, 0) is 42.8 Å². The molecule has 0 spiro atoms. The number of ether oxygens (including phenoxy) is 2. The molecule has 1 N–H and O–H groups in total. The Kier molecular flexibility index (Phi) is 5.04. The topological polar surface area (TPSA) is 73.1 Å². The van der Waals surface area contributed by atoms with Crippen molar-refractivity contribution < 1.29 is 18.7 Å². The number of fused-ring (bicyclic) bond motifs is 1. The second-order valence-electron chi connectivity index (χ2n) is 6.26. The molecule has 28 heavy (non-hydrogen) atoms. The SMILES string of the molecule is Cc1ccc(-c2ccc(/C=N/NC(=O)[C@@H]3COc4ccccc4O3)o2)cc1Cl. The van der Waals surface area contributed by atoms with Gasteiger partial charge in [0.25, 0.3) is 5.91 Å². The molecule has 1 amide bonds. The van der Waals surface area contributed by atoms with Crippen LogP contribution in [0.1, 0.15) is 11.3 Å². The van der Waals surface area contributed by atoms with E-state index >= 15 is 0 Å². The number of rotatable bonds is 4. The predicted octanol–water partition coefficient (Wildman–Crippen LogP) is 4.20. The molecule has 1 atom stereocenters. The van der Waals surface area contributed by atoms with Crippen molar-refractivity contribution in [3.8, 4) is 22.8 Å². The van der Waals surface area contributed by atoms with Crippen LogP contribution in [0.5, 0.6) is 11.5 Å². The maximum Gasteiger partial charge on any atom is 0.284 e. The van der Waals surface area contributed by atoms with E-state index < -0.39 is 12.0 Å². The molecule has 1 aliphatic heterocycles. The summed E-state index contributed by atoms with van der Waals surface area (Å²) >= 11 is 6.16. The molecule has 0 bridgehead atoms. The maximum atomic E-state index is 12.2. The number of hydrogen-bond donors (Lipinski definition) is 1. The Morgan fingerprint density at radius 3 is 2.82 bits per heavy atom. The Balaban J connectivity index is 1.37. The molecular formula is C21H17ClN2O4. The first kappa shape index (κ1) is 18.1. The van der Waals surface area contributed by atoms with E-state index in [1.54, 1.807) is 18.2 Å². The van der Waals surface area contributed by atoms with Gasteiger partial charge in [-0.25, -0.2) is 5.43 Å². The summed E-state index contributed by atoms with van der Waals surface area (Å²) in [6.45, 7) is 2.06. The molecule has 0 aliphatic carbocycles. The van der Waals surface area contributed by atoms with E-state index in [0.29, 0.717) is 28.0 Å². The van der Waals surface area contributed by atoms with Gasteiger partial charge in [0.2, 0.25) is 6.10 Å². The van der Waals surface area contributed by atoms with Gasteiger partial charge in [0, 0.05) is 10.6 Å². The quantitative estimate of drug-likeness (QED) is 0.530. The molecule has 0 unspecified atom stereocenters. The number of hydrazone groups is 1. The highest BCUT2D eigenvalue weighted by molar-refractivity contribution is 6.31. The highest BCUT2D eigenvalue weighted by Crippen LogP contribution is 2.31. The van der Waals surface area contributed by atoms with Crippen molar-refractivity contribution in [2.45, 2.75) is 13.0 Å². The van der Waals surface area contributed by atoms with Crippen molar-refractivity contribution >= 4 is 23.7 Å². The fourth-order valence-corrected chi connectivity index (χ4v) is 2.88. The second kappa shape index (κ2) is 7.78. The standard InChI is InChI=1S/C21H17ClN2O4/c1-13-6-7-14(10-16(13)22)17-9-8-15(27-17)11-23-24-21(25)20-12-26-18-4-2-3-5-19(18)28-20/h2-11,20H,12H2,1H3,(H,24,25)/b23-11+/t20-/m0/s1. The normalized spacial score (nSPS) is 15.6. The lowest BCUT2D eigenvalue weighted by Crippen LogP contribution is -2.42. The molecule has 0 fully saturated rings. The van der Waals surface area contributed by atoms with Crippen molar-refractivity contribution in [1.29, 1.82) is 0 Å². The monoisotopic (exact) mass is 396 g/mol. The lowest BCUT2D eigenvalue weighted by Gasteiger charge is -2.24. The van der Waals surface area contributed by atoms with Gasteiger partial charge in [0.05, 0.1) is 6.21 Å². The number of halogens is 1. The van der Waals surface area contributed by atoms with Gasteiger partial charge in [-0.1, -0.05) is 35.9 Å². The van der Waals surface area contributed by atoms with Gasteiger partial charge in [-0.3, -0.25) is 4.79 Å². The third-order valence-corrected chi connectivity index (χ3v) is 4.66. The number of nitrogens with zero attached hydrogens (tertiary/aromatic N) is 1. The van der Waals surface area contributed by atoms with Crippen LogP contribution >= 0.6 is 11.6 Å². The van der Waals surface area contributed by atoms with Crippen LogP contribution in [0.3, 0.4) is 0 Å². The summed E-state index contributed by atoms with van der Waals surface area (Å²) in [6.07, 6.45) is 0.656. The third-order valence-electron chi connectivity index (χ3n) is 4.25. The van der Waals surface area contributed by atoms with E-state index in [2.05, 4.69) is 10.5 Å². The summed E-state index contributed by atoms with van der Waals surface area (Å²) in [5.74, 6) is 1.91. The van der Waals surface area contributed by atoms with E-state index in [9.17, 15) is 4.79 Å². The van der Waals surface area contributed by atoms with Crippen molar-refractivity contribution in [1.82, 2.24) is 5.43 Å². The van der Waals surface area contributed by atoms with Gasteiger partial charge in [0.15, 0.2) is 11.5 Å². The summed E-state index contributed by atoms with van der Waals surface area (Å²) in [4.78, 5) is 12.2. The molecule has 2 aromatic carbocycles. The van der Waals surface area contributed by atoms with Crippen LogP contribution < -0.4 is 14.9 Å². The van der Waals surface area contributed by atoms with Gasteiger partial charge >= 0.3 is 0 Å². The van der Waals surface area contributed by atoms with Crippen molar-refractivity contribution in [2.75, 3.05) is 6.61 Å². The van der Waals surface area contributed by atoms with E-state index in [0.717, 1.165) is 11.1 Å². The zero-order chi connectivity index (χ0) is 19.5. The molecule has 0 saturated heterocycles. The number of hydrogen-bond acceptors (Lipinski definition) is 5. The first-order valence-electron chi connectivity index (χ1n) is 8.68. The number of carbonyl (C=O) groups excluding carboxylic acids is 1. The molecule has 2 heterocycles. The summed E-state index contributed by atoms with van der Waals surface area (Å²) in [5.41, 5.74) is 4.31. The van der Waals surface area contributed by atoms with Gasteiger partial charge < -0.3 is 13.9 Å². The van der Waals surface area contributed by atoms with E-state index in [1.165, 1.54) is 6.21 Å². The minimum Gasteiger partial charge on any atom is -0.485 e. The van der Waals surface area contributed by atoms with Crippen LogP contribution in [0, 0.1) is 6.92 Å². The smallest absolute Gasteiger partial charge is 0.284 e. The number of aryl methyl sites for hydroxylation is 1. The van der Waals surface area contributed by atoms with Crippen LogP contribution in [0.15, 0.2) is 64.1 Å². The number of amides is 1. The highest BCUT2D eigenvalue weighted by Gasteiger charge is 2.27. The number of furan rings is 1. The summed E-state index contributed by atoms with van der Waals surface area (Å²) in [6, 6.07) is 16.5. The Bertz CT molecular complexity index is 1040. The number of benzene rings is 2. The molecule has 7 heteroatoms. The molecular weight excluding hydrogens is 380 g/mol. The molecule has 0 radical (unpaired) electrons. The van der Waals surface area contributed by atoms with Crippen LogP contribution in [-0.4, -0.2) is 24.8 Å². The molecule has 0 saturated carbocycles. The fraction of sp³-hybridized carbons (Fsp3) is 0.143. The van der Waals surface area contributed by atoms with Crippen LogP contribution in [0.25, 0.3) is 11.3 Å². The van der Waals surface area contributed by atoms with Crippen LogP contribution in [-0.2, 0) is 4.79 Å². The minimum atomic E-state index is -0.770. The van der Waals surface area contributed by atoms with Crippen molar-refractivity contribution in [3.05, 3.63) is 70.9 Å². The van der Waals surface area contributed by atoms with Crippen molar-refractivity contribution in [3.63, 3.8) is 0 Å². The third kappa shape index (κ3) is 3.87. The van der Waals surface area contributed by atoms with E-state index in [4.69, 9.17) is 25.5 Å². The van der Waals surface area contributed by atoms with E-state index in [-0.39, 0.29) is 6.61 Å². The summed E-state index contributed by atoms with van der Waals surface area (Å²) in [7, 11) is 0. The average Bonchev–Trinajstić information content (AvgIpc) is 3.18. The zero-order valence-corrected chi connectivity index (χ0v) is 15.8. The predicted molar refractivity (Wildman–Crippen MR) is 106 cm³/mol. The lowest BCUT2D eigenvalue weighted by atomic mass is 10.1. The molecule has 6 nitrogen and oxygen atoms in total. The first-order chi connectivity index (χ1) is 13.6. The first-order valence-corrected chi connectivity index (χ1v) is 9.06. The fourth-order valence-electron chi connectivity index (χ4n) is 2.70. The van der Waals surface area contributed by atoms with Gasteiger partial charge in [-0.15, -0.1) is 0 Å². The Morgan fingerprint density at radius 1 is 1.18 bits per heavy atom. The Morgan fingerprint density at radius 2 is 2.00 bits per heavy atom. The Labute approximate surface area is 166 Å². The second-order valence-corrected chi connectivity index (χ2v) is 6.67. The van der Waals surface area contributed by atoms with Crippen LogP contribution in [0.2, 0.25) is 5.02 Å². The zero-order valence-electron chi connectivity index (χ0n) is 15.0. The van der Waals surface area contributed by atoms with Crippen molar-refractivity contribution in [2.24, 2.45) is 5.10 Å². The van der Waals surface area contributed by atoms with Crippen LogP contribution in [0.4, 0.5) is 0 Å². The highest BCUT2D eigenvalue weighted by atomic mass is 35.5. The average molecular weight is 397 g/mol. The van der Waals surface area contributed by atoms with Gasteiger partial charge in [-0.2, -0.15) is 5.10 Å². The summed E-state index contributed by atoms with van der Waals surface area (Å²) in [5, 5.41) is 4.61. The molecule has 1 aliphatic rings. The number of para-hydroxylation sites is 2. The number of carbonyl (C=O) groups is 1. The van der Waals surface area contributed by atoms with E-state index in [1.807, 2.05) is 43.3 Å². The summed E-state index contributed by atoms with van der Waals surface area (Å²) < 4.78 is 16.9. The maximum absolute atomic E-state index is 12.2. The molecule has 4 rings (SSSR count). The lowest BCUT2D eigenvalue weighted by molar-refractivity contribution is -0.130. The number of nitrogens with one attached hydrogen (secondary N) is 1. The van der Waals surface area contributed by atoms with Gasteiger partial charge in [0.1, 0.15) is 18.1 Å². The minimum absolute atomic E-state index is 0.122. The molecule has 1 aromatic heterocycles. The molecule has 142 valence electrons. The Hall–Kier alpha value is -3.25.